The minimum absolute atomic E-state index is 0.495. The summed E-state index contributed by atoms with van der Waals surface area (Å²) >= 11 is 11.7. The van der Waals surface area contributed by atoms with Crippen LogP contribution in [0.3, 0.4) is 0 Å². The number of hydrazine groups is 1. The topological polar surface area (TPSA) is 24.1 Å². The summed E-state index contributed by atoms with van der Waals surface area (Å²) in [7, 11) is 0. The molecule has 0 saturated carbocycles. The standard InChI is InChI=1S/C9H10Cl2N2/c10-8-2-1-6(3-9(8)11)7-4-12-13-5-7/h1-3,7,12-13H,4-5H2. The van der Waals surface area contributed by atoms with Crippen molar-refractivity contribution >= 4 is 23.2 Å². The van der Waals surface area contributed by atoms with Crippen molar-refractivity contribution in [2.75, 3.05) is 13.1 Å². The fourth-order valence-corrected chi connectivity index (χ4v) is 1.77. The van der Waals surface area contributed by atoms with E-state index in [1.807, 2.05) is 18.2 Å². The molecule has 2 N–H and O–H groups in total. The average molecular weight is 217 g/mol. The van der Waals surface area contributed by atoms with Gasteiger partial charge in [0.25, 0.3) is 0 Å². The van der Waals surface area contributed by atoms with Crippen molar-refractivity contribution in [1.82, 2.24) is 10.9 Å². The van der Waals surface area contributed by atoms with Crippen LogP contribution in [-0.4, -0.2) is 13.1 Å². The Morgan fingerprint density at radius 3 is 2.38 bits per heavy atom. The lowest BCUT2D eigenvalue weighted by Gasteiger charge is -2.08. The molecule has 0 aromatic heterocycles. The van der Waals surface area contributed by atoms with Gasteiger partial charge in [0.15, 0.2) is 0 Å². The van der Waals surface area contributed by atoms with Crippen LogP contribution in [0.2, 0.25) is 10.0 Å². The highest BCUT2D eigenvalue weighted by molar-refractivity contribution is 6.42. The van der Waals surface area contributed by atoms with E-state index in [1.165, 1.54) is 5.56 Å². The Bertz CT molecular complexity index is 308. The molecule has 0 aliphatic carbocycles. The molecule has 0 atom stereocenters. The van der Waals surface area contributed by atoms with Gasteiger partial charge in [-0.3, -0.25) is 10.9 Å². The molecule has 1 heterocycles. The van der Waals surface area contributed by atoms with Crippen LogP contribution in [-0.2, 0) is 0 Å². The number of nitrogens with one attached hydrogen (secondary N) is 2. The molecule has 0 amide bonds. The Morgan fingerprint density at radius 1 is 1.08 bits per heavy atom. The summed E-state index contributed by atoms with van der Waals surface area (Å²) in [4.78, 5) is 0. The predicted octanol–water partition coefficient (Wildman–Crippen LogP) is 2.18. The average Bonchev–Trinajstić information content (AvgIpc) is 2.62. The molecule has 1 fully saturated rings. The van der Waals surface area contributed by atoms with Gasteiger partial charge in [-0.05, 0) is 17.7 Å². The van der Waals surface area contributed by atoms with Crippen molar-refractivity contribution < 1.29 is 0 Å². The molecule has 4 heteroatoms. The first-order chi connectivity index (χ1) is 6.27. The maximum Gasteiger partial charge on any atom is 0.0595 e. The van der Waals surface area contributed by atoms with Crippen molar-refractivity contribution in [2.24, 2.45) is 0 Å². The van der Waals surface area contributed by atoms with Crippen LogP contribution in [0.4, 0.5) is 0 Å². The summed E-state index contributed by atoms with van der Waals surface area (Å²) < 4.78 is 0. The summed E-state index contributed by atoms with van der Waals surface area (Å²) in [5.74, 6) is 0.495. The second-order valence-corrected chi connectivity index (χ2v) is 3.95. The number of hydrogen-bond donors (Lipinski definition) is 2. The third kappa shape index (κ3) is 1.97. The lowest BCUT2D eigenvalue weighted by atomic mass is 10.0. The molecular weight excluding hydrogens is 207 g/mol. The van der Waals surface area contributed by atoms with Gasteiger partial charge < -0.3 is 0 Å². The lowest BCUT2D eigenvalue weighted by Crippen LogP contribution is -2.21. The first-order valence-corrected chi connectivity index (χ1v) is 4.93. The summed E-state index contributed by atoms with van der Waals surface area (Å²) in [5, 5.41) is 1.25. The van der Waals surface area contributed by atoms with E-state index in [4.69, 9.17) is 23.2 Å². The van der Waals surface area contributed by atoms with Crippen molar-refractivity contribution in [1.29, 1.82) is 0 Å². The van der Waals surface area contributed by atoms with E-state index in [2.05, 4.69) is 10.9 Å². The Hall–Kier alpha value is -0.280. The minimum Gasteiger partial charge on any atom is -0.257 e. The van der Waals surface area contributed by atoms with Crippen LogP contribution in [0.1, 0.15) is 11.5 Å². The molecule has 2 rings (SSSR count). The SMILES string of the molecule is Clc1ccc(C2CNNC2)cc1Cl. The molecule has 13 heavy (non-hydrogen) atoms. The van der Waals surface area contributed by atoms with Crippen LogP contribution in [0.5, 0.6) is 0 Å². The van der Waals surface area contributed by atoms with E-state index < -0.39 is 0 Å². The van der Waals surface area contributed by atoms with Crippen LogP contribution >= 0.6 is 23.2 Å². The van der Waals surface area contributed by atoms with Gasteiger partial charge in [-0.2, -0.15) is 0 Å². The Morgan fingerprint density at radius 2 is 1.77 bits per heavy atom. The molecule has 1 aromatic carbocycles. The maximum atomic E-state index is 5.92. The Kier molecular flexibility index (Phi) is 2.74. The third-order valence-electron chi connectivity index (χ3n) is 2.24. The highest BCUT2D eigenvalue weighted by Crippen LogP contribution is 2.26. The van der Waals surface area contributed by atoms with E-state index in [0.29, 0.717) is 16.0 Å². The highest BCUT2D eigenvalue weighted by Gasteiger charge is 2.16. The van der Waals surface area contributed by atoms with E-state index in [0.717, 1.165) is 13.1 Å². The van der Waals surface area contributed by atoms with E-state index in [9.17, 15) is 0 Å². The zero-order valence-electron chi connectivity index (χ0n) is 6.98. The van der Waals surface area contributed by atoms with Crippen molar-refractivity contribution in [2.45, 2.75) is 5.92 Å². The highest BCUT2D eigenvalue weighted by atomic mass is 35.5. The minimum atomic E-state index is 0.495. The molecule has 0 spiro atoms. The van der Waals surface area contributed by atoms with Crippen molar-refractivity contribution in [3.63, 3.8) is 0 Å². The van der Waals surface area contributed by atoms with Gasteiger partial charge in [-0.25, -0.2) is 0 Å². The van der Waals surface area contributed by atoms with Crippen LogP contribution in [0, 0.1) is 0 Å². The van der Waals surface area contributed by atoms with Crippen LogP contribution in [0.15, 0.2) is 18.2 Å². The predicted molar refractivity (Wildman–Crippen MR) is 55.2 cm³/mol. The number of hydrogen-bond acceptors (Lipinski definition) is 2. The first-order valence-electron chi connectivity index (χ1n) is 4.18. The Labute approximate surface area is 87.2 Å². The molecule has 70 valence electrons. The Balaban J connectivity index is 2.25. The number of rotatable bonds is 1. The molecule has 0 unspecified atom stereocenters. The smallest absolute Gasteiger partial charge is 0.0595 e. The van der Waals surface area contributed by atoms with Crippen molar-refractivity contribution in [3.05, 3.63) is 33.8 Å². The van der Waals surface area contributed by atoms with Gasteiger partial charge in [-0.15, -0.1) is 0 Å². The molecule has 0 radical (unpaired) electrons. The van der Waals surface area contributed by atoms with E-state index in [1.54, 1.807) is 0 Å². The number of benzene rings is 1. The van der Waals surface area contributed by atoms with E-state index in [-0.39, 0.29) is 0 Å². The summed E-state index contributed by atoms with van der Waals surface area (Å²) in [6.45, 7) is 1.88. The molecule has 1 saturated heterocycles. The van der Waals surface area contributed by atoms with Gasteiger partial charge in [0.05, 0.1) is 10.0 Å². The zero-order valence-corrected chi connectivity index (χ0v) is 8.49. The normalized spacial score (nSPS) is 18.0. The summed E-state index contributed by atoms with van der Waals surface area (Å²) in [6, 6.07) is 5.80. The van der Waals surface area contributed by atoms with Gasteiger partial charge >= 0.3 is 0 Å². The molecule has 2 nitrogen and oxygen atoms in total. The van der Waals surface area contributed by atoms with Crippen molar-refractivity contribution in [3.8, 4) is 0 Å². The first kappa shape index (κ1) is 9.28. The van der Waals surface area contributed by atoms with Gasteiger partial charge in [0.1, 0.15) is 0 Å². The summed E-state index contributed by atoms with van der Waals surface area (Å²) in [5.41, 5.74) is 7.39. The van der Waals surface area contributed by atoms with Gasteiger partial charge in [0.2, 0.25) is 0 Å². The fraction of sp³-hybridized carbons (Fsp3) is 0.333. The monoisotopic (exact) mass is 216 g/mol. The quantitative estimate of drug-likeness (QED) is 0.753. The zero-order chi connectivity index (χ0) is 9.26. The van der Waals surface area contributed by atoms with Crippen LogP contribution < -0.4 is 10.9 Å². The van der Waals surface area contributed by atoms with Crippen LogP contribution in [0.25, 0.3) is 0 Å². The molecule has 0 bridgehead atoms. The summed E-state index contributed by atoms with van der Waals surface area (Å²) in [6.07, 6.45) is 0. The fourth-order valence-electron chi connectivity index (χ4n) is 1.46. The maximum absolute atomic E-state index is 5.92. The van der Waals surface area contributed by atoms with E-state index >= 15 is 0 Å². The van der Waals surface area contributed by atoms with Gasteiger partial charge in [-0.1, -0.05) is 29.3 Å². The third-order valence-corrected chi connectivity index (χ3v) is 2.98. The molecular formula is C9H10Cl2N2. The molecule has 1 aromatic rings. The second kappa shape index (κ2) is 3.84. The largest absolute Gasteiger partial charge is 0.257 e. The van der Waals surface area contributed by atoms with Gasteiger partial charge in [0, 0.05) is 19.0 Å². The molecule has 1 aliphatic heterocycles. The second-order valence-electron chi connectivity index (χ2n) is 3.13. The molecule has 1 aliphatic rings. The lowest BCUT2D eigenvalue weighted by molar-refractivity contribution is 0.689. The number of halogens is 2.